The van der Waals surface area contributed by atoms with Gasteiger partial charge in [-0.25, -0.2) is 0 Å². The van der Waals surface area contributed by atoms with Crippen LogP contribution in [0.5, 0.6) is 0 Å². The molecule has 2 aliphatic carbocycles. The second kappa shape index (κ2) is 6.45. The number of nitrogens with two attached hydrogens (primary N) is 1. The molecule has 2 fully saturated rings. The van der Waals surface area contributed by atoms with Gasteiger partial charge in [-0.2, -0.15) is 13.2 Å². The molecule has 0 aromatic heterocycles. The number of halogens is 3. The maximum absolute atomic E-state index is 12.9. The van der Waals surface area contributed by atoms with Gasteiger partial charge in [-0.15, -0.1) is 0 Å². The summed E-state index contributed by atoms with van der Waals surface area (Å²) in [5, 5.41) is 0. The van der Waals surface area contributed by atoms with E-state index >= 15 is 0 Å². The van der Waals surface area contributed by atoms with Crippen LogP contribution in [0.2, 0.25) is 0 Å². The molecular weight excluding hydrogens is 277 g/mol. The van der Waals surface area contributed by atoms with Gasteiger partial charge in [-0.05, 0) is 51.5 Å². The molecule has 0 aromatic carbocycles. The number of hydrogen-bond donors (Lipinski definition) is 1. The molecule has 0 saturated heterocycles. The van der Waals surface area contributed by atoms with Crippen molar-refractivity contribution in [2.75, 3.05) is 13.6 Å². The zero-order valence-electron chi connectivity index (χ0n) is 13.3. The van der Waals surface area contributed by atoms with E-state index in [0.717, 1.165) is 6.42 Å². The predicted molar refractivity (Wildman–Crippen MR) is 79.0 cm³/mol. The van der Waals surface area contributed by atoms with Crippen LogP contribution in [0.3, 0.4) is 0 Å². The highest BCUT2D eigenvalue weighted by Crippen LogP contribution is 2.44. The molecule has 0 aromatic rings. The van der Waals surface area contributed by atoms with Crippen LogP contribution in [-0.2, 0) is 0 Å². The van der Waals surface area contributed by atoms with E-state index in [0.29, 0.717) is 31.3 Å². The largest absolute Gasteiger partial charge is 0.391 e. The van der Waals surface area contributed by atoms with E-state index in [4.69, 9.17) is 5.73 Å². The smallest absolute Gasteiger partial charge is 0.329 e. The molecule has 2 atom stereocenters. The molecule has 2 aliphatic rings. The first-order valence-corrected chi connectivity index (χ1v) is 8.30. The van der Waals surface area contributed by atoms with Crippen LogP contribution in [0.25, 0.3) is 0 Å². The van der Waals surface area contributed by atoms with Crippen molar-refractivity contribution in [3.63, 3.8) is 0 Å². The van der Waals surface area contributed by atoms with Gasteiger partial charge in [0.15, 0.2) is 0 Å². The monoisotopic (exact) mass is 306 g/mol. The summed E-state index contributed by atoms with van der Waals surface area (Å²) in [7, 11) is 2.09. The Balaban J connectivity index is 2.05. The molecule has 2 saturated carbocycles. The summed E-state index contributed by atoms with van der Waals surface area (Å²) >= 11 is 0. The summed E-state index contributed by atoms with van der Waals surface area (Å²) in [5.41, 5.74) is 5.80. The molecule has 0 radical (unpaired) electrons. The Morgan fingerprint density at radius 3 is 2.14 bits per heavy atom. The van der Waals surface area contributed by atoms with Crippen LogP contribution < -0.4 is 5.73 Å². The summed E-state index contributed by atoms with van der Waals surface area (Å²) in [5.74, 6) is -0.512. The third-order valence-corrected chi connectivity index (χ3v) is 6.07. The zero-order valence-corrected chi connectivity index (χ0v) is 13.3. The Bertz CT molecular complexity index is 335. The van der Waals surface area contributed by atoms with Crippen LogP contribution in [0.1, 0.15) is 58.3 Å². The second-order valence-electron chi connectivity index (χ2n) is 7.18. The highest BCUT2D eigenvalue weighted by molar-refractivity contribution is 4.99. The number of nitrogens with zero attached hydrogens (tertiary/aromatic N) is 1. The third kappa shape index (κ3) is 3.55. The van der Waals surface area contributed by atoms with Gasteiger partial charge in [0.2, 0.25) is 0 Å². The minimum atomic E-state index is -4.04. The topological polar surface area (TPSA) is 29.3 Å². The molecule has 2 nitrogen and oxygen atoms in total. The summed E-state index contributed by atoms with van der Waals surface area (Å²) in [4.78, 5) is 2.35. The minimum Gasteiger partial charge on any atom is -0.329 e. The van der Waals surface area contributed by atoms with Crippen molar-refractivity contribution in [2.45, 2.75) is 76.0 Å². The summed E-state index contributed by atoms with van der Waals surface area (Å²) in [6, 6.07) is 0.477. The van der Waals surface area contributed by atoms with Gasteiger partial charge >= 0.3 is 6.18 Å². The molecular formula is C16H29F3N2. The first-order chi connectivity index (χ1) is 9.80. The van der Waals surface area contributed by atoms with Crippen molar-refractivity contribution in [3.8, 4) is 0 Å². The molecule has 2 unspecified atom stereocenters. The van der Waals surface area contributed by atoms with Crippen molar-refractivity contribution in [1.29, 1.82) is 0 Å². The fraction of sp³-hybridized carbons (Fsp3) is 1.00. The molecule has 2 N–H and O–H groups in total. The lowest BCUT2D eigenvalue weighted by molar-refractivity contribution is -0.189. The van der Waals surface area contributed by atoms with Gasteiger partial charge in [0.1, 0.15) is 0 Å². The van der Waals surface area contributed by atoms with Crippen molar-refractivity contribution in [2.24, 2.45) is 17.6 Å². The highest BCUT2D eigenvalue weighted by atomic mass is 19.4. The lowest BCUT2D eigenvalue weighted by Gasteiger charge is -2.51. The quantitative estimate of drug-likeness (QED) is 0.855. The molecule has 0 aliphatic heterocycles. The maximum Gasteiger partial charge on any atom is 0.391 e. The molecule has 0 amide bonds. The van der Waals surface area contributed by atoms with Gasteiger partial charge in [0.25, 0.3) is 0 Å². The van der Waals surface area contributed by atoms with Gasteiger partial charge in [0.05, 0.1) is 5.92 Å². The van der Waals surface area contributed by atoms with Crippen molar-refractivity contribution in [1.82, 2.24) is 4.90 Å². The Hall–Kier alpha value is -0.290. The first kappa shape index (κ1) is 17.1. The van der Waals surface area contributed by atoms with E-state index in [1.54, 1.807) is 0 Å². The average molecular weight is 306 g/mol. The zero-order chi connectivity index (χ0) is 15.7. The van der Waals surface area contributed by atoms with Crippen LogP contribution in [-0.4, -0.2) is 36.2 Å². The van der Waals surface area contributed by atoms with E-state index in [2.05, 4.69) is 18.9 Å². The Morgan fingerprint density at radius 1 is 1.10 bits per heavy atom. The number of likely N-dealkylation sites (N-methyl/N-ethyl adjacent to an activating group) is 1. The van der Waals surface area contributed by atoms with E-state index < -0.39 is 12.1 Å². The van der Waals surface area contributed by atoms with Crippen molar-refractivity contribution >= 4 is 0 Å². The maximum atomic E-state index is 12.9. The number of hydrogen-bond acceptors (Lipinski definition) is 2. The van der Waals surface area contributed by atoms with Crippen LogP contribution in [0.15, 0.2) is 0 Å². The van der Waals surface area contributed by atoms with E-state index in [9.17, 15) is 13.2 Å². The molecule has 124 valence electrons. The van der Waals surface area contributed by atoms with E-state index in [1.807, 2.05) is 0 Å². The number of alkyl halides is 3. The summed E-state index contributed by atoms with van der Waals surface area (Å²) < 4.78 is 38.6. The van der Waals surface area contributed by atoms with Gasteiger partial charge in [-0.1, -0.05) is 19.8 Å². The van der Waals surface area contributed by atoms with Crippen molar-refractivity contribution in [3.05, 3.63) is 0 Å². The Morgan fingerprint density at radius 2 is 1.67 bits per heavy atom. The summed E-state index contributed by atoms with van der Waals surface area (Å²) in [6.07, 6.45) is 2.45. The van der Waals surface area contributed by atoms with Crippen LogP contribution in [0.4, 0.5) is 13.2 Å². The third-order valence-electron chi connectivity index (χ3n) is 6.07. The fourth-order valence-corrected chi connectivity index (χ4v) is 4.41. The van der Waals surface area contributed by atoms with E-state index in [1.165, 1.54) is 19.3 Å². The van der Waals surface area contributed by atoms with Crippen molar-refractivity contribution < 1.29 is 13.2 Å². The lowest BCUT2D eigenvalue weighted by Crippen LogP contribution is -2.59. The lowest BCUT2D eigenvalue weighted by atomic mass is 9.73. The van der Waals surface area contributed by atoms with Crippen LogP contribution in [0, 0.1) is 11.8 Å². The number of rotatable bonds is 3. The van der Waals surface area contributed by atoms with E-state index in [-0.39, 0.29) is 18.4 Å². The molecule has 5 heteroatoms. The minimum absolute atomic E-state index is 0.224. The summed E-state index contributed by atoms with van der Waals surface area (Å²) in [6.45, 7) is 2.74. The highest BCUT2D eigenvalue weighted by Gasteiger charge is 2.48. The Kier molecular flexibility index (Phi) is 5.24. The second-order valence-corrected chi connectivity index (χ2v) is 7.18. The molecule has 0 spiro atoms. The Labute approximate surface area is 126 Å². The fourth-order valence-electron chi connectivity index (χ4n) is 4.41. The first-order valence-electron chi connectivity index (χ1n) is 8.30. The predicted octanol–water partition coefficient (Wildman–Crippen LogP) is 3.95. The molecule has 2 rings (SSSR count). The molecule has 0 heterocycles. The standard InChI is InChI=1S/C16H29F3N2/c1-12-5-3-4-6-14(12)21(2)15(11-20)9-7-13(8-10-15)16(17,18)19/h12-14H,3-11,20H2,1-2H3. The normalized spacial score (nSPS) is 38.7. The van der Waals surface area contributed by atoms with Gasteiger partial charge in [-0.3, -0.25) is 4.90 Å². The van der Waals surface area contributed by atoms with Gasteiger partial charge < -0.3 is 5.73 Å². The SMILES string of the molecule is CC1CCCCC1N(C)C1(CN)CCC(C(F)(F)F)CC1. The van der Waals surface area contributed by atoms with Gasteiger partial charge in [0, 0.05) is 18.1 Å². The average Bonchev–Trinajstić information content (AvgIpc) is 2.46. The molecule has 21 heavy (non-hydrogen) atoms. The van der Waals surface area contributed by atoms with Crippen LogP contribution >= 0.6 is 0 Å². The molecule has 0 bridgehead atoms.